The van der Waals surface area contributed by atoms with Gasteiger partial charge in [0.2, 0.25) is 0 Å². The standard InChI is InChI=1S/C13H17N/c1-10(8-9-14)11-2-4-12(5-3-11)13-6-7-13/h2-5,13H,1,6-9,14H2. The molecule has 0 aliphatic heterocycles. The zero-order valence-electron chi connectivity index (χ0n) is 8.50. The Kier molecular flexibility index (Phi) is 2.69. The molecule has 0 saturated heterocycles. The fraction of sp³-hybridized carbons (Fsp3) is 0.385. The second-order valence-electron chi connectivity index (χ2n) is 4.04. The largest absolute Gasteiger partial charge is 0.330 e. The molecule has 0 spiro atoms. The van der Waals surface area contributed by atoms with Gasteiger partial charge < -0.3 is 5.73 Å². The third kappa shape index (κ3) is 2.05. The quantitative estimate of drug-likeness (QED) is 0.770. The van der Waals surface area contributed by atoms with Gasteiger partial charge in [-0.1, -0.05) is 30.8 Å². The minimum atomic E-state index is 0.684. The molecular formula is C13H17N. The Hall–Kier alpha value is -1.08. The van der Waals surface area contributed by atoms with Gasteiger partial charge >= 0.3 is 0 Å². The molecular weight excluding hydrogens is 170 g/mol. The fourth-order valence-electron chi connectivity index (χ4n) is 1.73. The predicted molar refractivity (Wildman–Crippen MR) is 61.1 cm³/mol. The molecule has 1 aromatic rings. The molecule has 1 fully saturated rings. The van der Waals surface area contributed by atoms with Crippen molar-refractivity contribution in [3.63, 3.8) is 0 Å². The lowest BCUT2D eigenvalue weighted by atomic mass is 10.0. The van der Waals surface area contributed by atoms with Gasteiger partial charge in [-0.25, -0.2) is 0 Å². The van der Waals surface area contributed by atoms with Crippen molar-refractivity contribution < 1.29 is 0 Å². The van der Waals surface area contributed by atoms with Crippen LogP contribution >= 0.6 is 0 Å². The van der Waals surface area contributed by atoms with Gasteiger partial charge in [0.25, 0.3) is 0 Å². The Morgan fingerprint density at radius 3 is 2.43 bits per heavy atom. The van der Waals surface area contributed by atoms with Gasteiger partial charge in [-0.05, 0) is 48.4 Å². The Balaban J connectivity index is 2.08. The molecule has 1 aliphatic carbocycles. The van der Waals surface area contributed by atoms with Crippen molar-refractivity contribution in [3.05, 3.63) is 42.0 Å². The van der Waals surface area contributed by atoms with Crippen molar-refractivity contribution in [2.24, 2.45) is 5.73 Å². The molecule has 0 heterocycles. The van der Waals surface area contributed by atoms with Gasteiger partial charge in [0.1, 0.15) is 0 Å². The maximum absolute atomic E-state index is 5.49. The zero-order chi connectivity index (χ0) is 9.97. The molecule has 0 unspecified atom stereocenters. The molecule has 0 bridgehead atoms. The summed E-state index contributed by atoms with van der Waals surface area (Å²) in [7, 11) is 0. The fourth-order valence-corrected chi connectivity index (χ4v) is 1.73. The number of benzene rings is 1. The number of hydrogen-bond donors (Lipinski definition) is 1. The van der Waals surface area contributed by atoms with Gasteiger partial charge in [-0.15, -0.1) is 0 Å². The zero-order valence-corrected chi connectivity index (χ0v) is 8.50. The topological polar surface area (TPSA) is 26.0 Å². The molecule has 74 valence electrons. The van der Waals surface area contributed by atoms with Crippen LogP contribution in [0.2, 0.25) is 0 Å². The summed E-state index contributed by atoms with van der Waals surface area (Å²) < 4.78 is 0. The van der Waals surface area contributed by atoms with Gasteiger partial charge in [-0.3, -0.25) is 0 Å². The van der Waals surface area contributed by atoms with Crippen LogP contribution in [0.4, 0.5) is 0 Å². The molecule has 0 atom stereocenters. The van der Waals surface area contributed by atoms with E-state index in [1.54, 1.807) is 0 Å². The summed E-state index contributed by atoms with van der Waals surface area (Å²) in [4.78, 5) is 0. The molecule has 0 aromatic heterocycles. The maximum atomic E-state index is 5.49. The van der Waals surface area contributed by atoms with Crippen LogP contribution in [0.25, 0.3) is 5.57 Å². The Bertz CT molecular complexity index is 320. The van der Waals surface area contributed by atoms with Crippen molar-refractivity contribution >= 4 is 5.57 Å². The van der Waals surface area contributed by atoms with Crippen LogP contribution in [0.15, 0.2) is 30.8 Å². The lowest BCUT2D eigenvalue weighted by Crippen LogP contribution is -1.99. The lowest BCUT2D eigenvalue weighted by molar-refractivity contribution is 1.02. The van der Waals surface area contributed by atoms with Crippen LogP contribution in [-0.4, -0.2) is 6.54 Å². The van der Waals surface area contributed by atoms with E-state index in [1.807, 2.05) is 0 Å². The van der Waals surface area contributed by atoms with E-state index in [0.29, 0.717) is 6.54 Å². The highest BCUT2D eigenvalue weighted by molar-refractivity contribution is 5.63. The van der Waals surface area contributed by atoms with Gasteiger partial charge in [0.15, 0.2) is 0 Å². The molecule has 1 aromatic carbocycles. The average molecular weight is 187 g/mol. The summed E-state index contributed by atoms with van der Waals surface area (Å²) in [6, 6.07) is 8.81. The van der Waals surface area contributed by atoms with Crippen molar-refractivity contribution in [1.82, 2.24) is 0 Å². The van der Waals surface area contributed by atoms with E-state index in [4.69, 9.17) is 5.73 Å². The summed E-state index contributed by atoms with van der Waals surface area (Å²) in [5, 5.41) is 0. The second-order valence-corrected chi connectivity index (χ2v) is 4.04. The van der Waals surface area contributed by atoms with E-state index in [1.165, 1.54) is 24.0 Å². The van der Waals surface area contributed by atoms with E-state index in [9.17, 15) is 0 Å². The Labute approximate surface area is 85.6 Å². The van der Waals surface area contributed by atoms with Crippen molar-refractivity contribution in [1.29, 1.82) is 0 Å². The molecule has 1 heteroatoms. The van der Waals surface area contributed by atoms with E-state index >= 15 is 0 Å². The molecule has 0 radical (unpaired) electrons. The number of rotatable bonds is 4. The number of hydrogen-bond acceptors (Lipinski definition) is 1. The third-order valence-corrected chi connectivity index (χ3v) is 2.81. The molecule has 1 saturated carbocycles. The van der Waals surface area contributed by atoms with E-state index in [2.05, 4.69) is 30.8 Å². The van der Waals surface area contributed by atoms with Crippen molar-refractivity contribution in [2.45, 2.75) is 25.2 Å². The summed E-state index contributed by atoms with van der Waals surface area (Å²) >= 11 is 0. The molecule has 1 aliphatic rings. The Morgan fingerprint density at radius 1 is 1.29 bits per heavy atom. The van der Waals surface area contributed by atoms with Crippen LogP contribution in [0, 0.1) is 0 Å². The maximum Gasteiger partial charge on any atom is -0.00367 e. The third-order valence-electron chi connectivity index (χ3n) is 2.81. The molecule has 14 heavy (non-hydrogen) atoms. The van der Waals surface area contributed by atoms with Crippen LogP contribution < -0.4 is 5.73 Å². The van der Waals surface area contributed by atoms with Gasteiger partial charge in [0, 0.05) is 0 Å². The second kappa shape index (κ2) is 3.97. The molecule has 2 N–H and O–H groups in total. The summed E-state index contributed by atoms with van der Waals surface area (Å²) in [6.07, 6.45) is 3.62. The molecule has 2 rings (SSSR count). The molecule has 1 nitrogen and oxygen atoms in total. The van der Waals surface area contributed by atoms with Crippen LogP contribution in [0.1, 0.15) is 36.3 Å². The highest BCUT2D eigenvalue weighted by Gasteiger charge is 2.22. The SMILES string of the molecule is C=C(CCN)c1ccc(C2CC2)cc1. The highest BCUT2D eigenvalue weighted by Crippen LogP contribution is 2.40. The minimum Gasteiger partial charge on any atom is -0.330 e. The predicted octanol–water partition coefficient (Wildman–Crippen LogP) is 2.93. The Morgan fingerprint density at radius 2 is 1.93 bits per heavy atom. The van der Waals surface area contributed by atoms with E-state index < -0.39 is 0 Å². The number of nitrogens with two attached hydrogens (primary N) is 1. The first-order valence-electron chi connectivity index (χ1n) is 5.29. The normalized spacial score (nSPS) is 15.5. The first kappa shape index (κ1) is 9.47. The summed E-state index contributed by atoms with van der Waals surface area (Å²) in [5.41, 5.74) is 9.36. The van der Waals surface area contributed by atoms with Crippen molar-refractivity contribution in [3.8, 4) is 0 Å². The van der Waals surface area contributed by atoms with Crippen molar-refractivity contribution in [2.75, 3.05) is 6.54 Å². The molecule has 0 amide bonds. The lowest BCUT2D eigenvalue weighted by Gasteiger charge is -2.05. The monoisotopic (exact) mass is 187 g/mol. The van der Waals surface area contributed by atoms with E-state index in [0.717, 1.165) is 17.9 Å². The highest BCUT2D eigenvalue weighted by atomic mass is 14.5. The first-order valence-corrected chi connectivity index (χ1v) is 5.29. The summed E-state index contributed by atoms with van der Waals surface area (Å²) in [6.45, 7) is 4.71. The van der Waals surface area contributed by atoms with E-state index in [-0.39, 0.29) is 0 Å². The minimum absolute atomic E-state index is 0.684. The van der Waals surface area contributed by atoms with Gasteiger partial charge in [-0.2, -0.15) is 0 Å². The van der Waals surface area contributed by atoms with Gasteiger partial charge in [0.05, 0.1) is 0 Å². The average Bonchev–Trinajstić information content (AvgIpc) is 3.02. The van der Waals surface area contributed by atoms with Crippen LogP contribution in [-0.2, 0) is 0 Å². The first-order chi connectivity index (χ1) is 6.81. The van der Waals surface area contributed by atoms with Crippen LogP contribution in [0.5, 0.6) is 0 Å². The summed E-state index contributed by atoms with van der Waals surface area (Å²) in [5.74, 6) is 0.840. The smallest absolute Gasteiger partial charge is 0.00367 e. The van der Waals surface area contributed by atoms with Crippen LogP contribution in [0.3, 0.4) is 0 Å².